The monoisotopic (exact) mass is 311 g/mol. The van der Waals surface area contributed by atoms with Gasteiger partial charge in [0.15, 0.2) is 0 Å². The van der Waals surface area contributed by atoms with Crippen LogP contribution in [0.1, 0.15) is 5.56 Å². The smallest absolute Gasteiger partial charge is 0.146 e. The van der Waals surface area contributed by atoms with Gasteiger partial charge in [0.05, 0.1) is 0 Å². The summed E-state index contributed by atoms with van der Waals surface area (Å²) in [6.07, 6.45) is 1.80. The van der Waals surface area contributed by atoms with Crippen molar-refractivity contribution in [2.45, 2.75) is 6.61 Å². The summed E-state index contributed by atoms with van der Waals surface area (Å²) < 4.78 is 5.99. The summed E-state index contributed by atoms with van der Waals surface area (Å²) in [5.41, 5.74) is 4.48. The van der Waals surface area contributed by atoms with Crippen molar-refractivity contribution in [3.63, 3.8) is 0 Å². The normalized spacial score (nSPS) is 10.7. The van der Waals surface area contributed by atoms with E-state index >= 15 is 0 Å². The first-order valence-electron chi connectivity index (χ1n) is 8.01. The number of benzene rings is 3. The molecule has 1 heterocycles. The molecule has 1 aromatic heterocycles. The van der Waals surface area contributed by atoms with Crippen molar-refractivity contribution < 1.29 is 4.74 Å². The van der Waals surface area contributed by atoms with E-state index < -0.39 is 0 Å². The van der Waals surface area contributed by atoms with Gasteiger partial charge in [-0.2, -0.15) is 0 Å². The van der Waals surface area contributed by atoms with Gasteiger partial charge in [-0.05, 0) is 28.8 Å². The third-order valence-corrected chi connectivity index (χ3v) is 4.05. The first kappa shape index (κ1) is 14.5. The van der Waals surface area contributed by atoms with Crippen LogP contribution in [0.4, 0.5) is 0 Å². The highest BCUT2D eigenvalue weighted by Gasteiger charge is 2.03. The van der Waals surface area contributed by atoms with E-state index in [1.165, 1.54) is 11.1 Å². The van der Waals surface area contributed by atoms with Gasteiger partial charge in [-0.25, -0.2) is 0 Å². The number of rotatable bonds is 4. The standard InChI is InChI=1S/C22H17NO/c1-2-6-18(7-3-1)19-13-11-17(12-14-19)16-24-21-10-4-8-20-9-5-15-23-22(20)21/h1-15H,16H2. The first-order chi connectivity index (χ1) is 11.9. The second-order valence-corrected chi connectivity index (χ2v) is 5.68. The van der Waals surface area contributed by atoms with Crippen LogP contribution < -0.4 is 4.74 Å². The minimum Gasteiger partial charge on any atom is -0.487 e. The van der Waals surface area contributed by atoms with Gasteiger partial charge >= 0.3 is 0 Å². The Morgan fingerprint density at radius 1 is 0.667 bits per heavy atom. The molecule has 0 N–H and O–H groups in total. The van der Waals surface area contributed by atoms with Crippen LogP contribution in [0.2, 0.25) is 0 Å². The van der Waals surface area contributed by atoms with E-state index in [4.69, 9.17) is 4.74 Å². The molecule has 2 heteroatoms. The number of hydrogen-bond donors (Lipinski definition) is 0. The SMILES string of the molecule is c1ccc(-c2ccc(COc3cccc4cccnc34)cc2)cc1. The Morgan fingerprint density at radius 2 is 1.42 bits per heavy atom. The predicted octanol–water partition coefficient (Wildman–Crippen LogP) is 5.48. The van der Waals surface area contributed by atoms with Gasteiger partial charge in [-0.1, -0.05) is 72.8 Å². The molecule has 4 rings (SSSR count). The minimum atomic E-state index is 0.532. The summed E-state index contributed by atoms with van der Waals surface area (Å²) in [5, 5.41) is 1.09. The van der Waals surface area contributed by atoms with Crippen molar-refractivity contribution in [1.29, 1.82) is 0 Å². The largest absolute Gasteiger partial charge is 0.487 e. The lowest BCUT2D eigenvalue weighted by molar-refractivity contribution is 0.309. The maximum atomic E-state index is 5.99. The van der Waals surface area contributed by atoms with E-state index in [9.17, 15) is 0 Å². The molecular weight excluding hydrogens is 294 g/mol. The quantitative estimate of drug-likeness (QED) is 0.498. The molecule has 0 bridgehead atoms. The molecule has 24 heavy (non-hydrogen) atoms. The van der Waals surface area contributed by atoms with E-state index in [0.29, 0.717) is 6.61 Å². The number of hydrogen-bond acceptors (Lipinski definition) is 2. The molecule has 0 aliphatic carbocycles. The molecule has 2 nitrogen and oxygen atoms in total. The highest BCUT2D eigenvalue weighted by Crippen LogP contribution is 2.24. The molecule has 0 atom stereocenters. The van der Waals surface area contributed by atoms with Crippen LogP contribution in [-0.4, -0.2) is 4.98 Å². The first-order valence-corrected chi connectivity index (χ1v) is 8.01. The number of nitrogens with zero attached hydrogens (tertiary/aromatic N) is 1. The Bertz CT molecular complexity index is 941. The molecule has 0 aliphatic rings. The average Bonchev–Trinajstić information content (AvgIpc) is 2.67. The van der Waals surface area contributed by atoms with Crippen LogP contribution in [0.5, 0.6) is 5.75 Å². The van der Waals surface area contributed by atoms with E-state index in [2.05, 4.69) is 53.5 Å². The van der Waals surface area contributed by atoms with Gasteiger partial charge in [0.25, 0.3) is 0 Å². The molecule has 4 aromatic rings. The summed E-state index contributed by atoms with van der Waals surface area (Å²) in [7, 11) is 0. The van der Waals surface area contributed by atoms with Crippen molar-refractivity contribution in [1.82, 2.24) is 4.98 Å². The molecule has 0 fully saturated rings. The zero-order valence-corrected chi connectivity index (χ0v) is 13.2. The Hall–Kier alpha value is -3.13. The van der Waals surface area contributed by atoms with Crippen LogP contribution in [-0.2, 0) is 6.61 Å². The fourth-order valence-corrected chi connectivity index (χ4v) is 2.78. The molecule has 3 aromatic carbocycles. The van der Waals surface area contributed by atoms with E-state index in [1.807, 2.05) is 36.4 Å². The van der Waals surface area contributed by atoms with Crippen LogP contribution in [0.25, 0.3) is 22.0 Å². The Labute approximate surface area is 141 Å². The zero-order chi connectivity index (χ0) is 16.2. The molecule has 0 aliphatic heterocycles. The second kappa shape index (κ2) is 6.55. The van der Waals surface area contributed by atoms with Crippen molar-refractivity contribution >= 4 is 10.9 Å². The third kappa shape index (κ3) is 2.99. The summed E-state index contributed by atoms with van der Waals surface area (Å²) in [5.74, 6) is 0.820. The van der Waals surface area contributed by atoms with Gasteiger partial charge in [-0.3, -0.25) is 4.98 Å². The van der Waals surface area contributed by atoms with Crippen molar-refractivity contribution in [2.24, 2.45) is 0 Å². The second-order valence-electron chi connectivity index (χ2n) is 5.68. The van der Waals surface area contributed by atoms with E-state index in [0.717, 1.165) is 22.2 Å². The number of pyridine rings is 1. The average molecular weight is 311 g/mol. The third-order valence-electron chi connectivity index (χ3n) is 4.05. The van der Waals surface area contributed by atoms with Gasteiger partial charge in [0.1, 0.15) is 17.9 Å². The fourth-order valence-electron chi connectivity index (χ4n) is 2.78. The number of ether oxygens (including phenoxy) is 1. The molecule has 0 amide bonds. The van der Waals surface area contributed by atoms with Crippen molar-refractivity contribution in [3.05, 3.63) is 96.7 Å². The topological polar surface area (TPSA) is 22.1 Å². The van der Waals surface area contributed by atoms with Crippen LogP contribution in [0.3, 0.4) is 0 Å². The number of para-hydroxylation sites is 1. The van der Waals surface area contributed by atoms with Crippen LogP contribution in [0, 0.1) is 0 Å². The van der Waals surface area contributed by atoms with Gasteiger partial charge in [-0.15, -0.1) is 0 Å². The Balaban J connectivity index is 1.52. The summed E-state index contributed by atoms with van der Waals surface area (Å²) in [4.78, 5) is 4.42. The Morgan fingerprint density at radius 3 is 2.25 bits per heavy atom. The van der Waals surface area contributed by atoms with Gasteiger partial charge < -0.3 is 4.74 Å². The lowest BCUT2D eigenvalue weighted by atomic mass is 10.0. The molecule has 0 spiro atoms. The fraction of sp³-hybridized carbons (Fsp3) is 0.0455. The van der Waals surface area contributed by atoms with E-state index in [1.54, 1.807) is 6.20 Å². The van der Waals surface area contributed by atoms with Gasteiger partial charge in [0.2, 0.25) is 0 Å². The Kier molecular flexibility index (Phi) is 3.95. The lowest BCUT2D eigenvalue weighted by Gasteiger charge is -2.09. The lowest BCUT2D eigenvalue weighted by Crippen LogP contribution is -1.96. The predicted molar refractivity (Wildman–Crippen MR) is 98.0 cm³/mol. The van der Waals surface area contributed by atoms with Gasteiger partial charge in [0, 0.05) is 11.6 Å². The molecule has 0 radical (unpaired) electrons. The maximum absolute atomic E-state index is 5.99. The zero-order valence-electron chi connectivity index (χ0n) is 13.2. The number of fused-ring (bicyclic) bond motifs is 1. The van der Waals surface area contributed by atoms with Crippen molar-refractivity contribution in [3.8, 4) is 16.9 Å². The van der Waals surface area contributed by atoms with Crippen molar-refractivity contribution in [2.75, 3.05) is 0 Å². The number of aromatic nitrogens is 1. The van der Waals surface area contributed by atoms with Crippen LogP contribution in [0.15, 0.2) is 91.1 Å². The molecule has 0 saturated carbocycles. The van der Waals surface area contributed by atoms with E-state index in [-0.39, 0.29) is 0 Å². The summed E-state index contributed by atoms with van der Waals surface area (Å²) >= 11 is 0. The summed E-state index contributed by atoms with van der Waals surface area (Å²) in [6, 6.07) is 28.9. The highest BCUT2D eigenvalue weighted by molar-refractivity contribution is 5.84. The maximum Gasteiger partial charge on any atom is 0.146 e. The molecular formula is C22H17NO. The van der Waals surface area contributed by atoms with Crippen LogP contribution >= 0.6 is 0 Å². The molecule has 116 valence electrons. The molecule has 0 saturated heterocycles. The molecule has 0 unspecified atom stereocenters. The minimum absolute atomic E-state index is 0.532. The highest BCUT2D eigenvalue weighted by atomic mass is 16.5. The summed E-state index contributed by atoms with van der Waals surface area (Å²) in [6.45, 7) is 0.532.